The number of amides is 2. The molecule has 1 saturated heterocycles. The van der Waals surface area contributed by atoms with Crippen molar-refractivity contribution in [3.05, 3.63) is 77.7 Å². The lowest BCUT2D eigenvalue weighted by atomic mass is 10.00. The number of hydrogen-bond donors (Lipinski definition) is 2. The lowest BCUT2D eigenvalue weighted by molar-refractivity contribution is -0.0830. The average molecular weight is 458 g/mol. The topological polar surface area (TPSA) is 97.8 Å². The Kier molecular flexibility index (Phi) is 4.91. The van der Waals surface area contributed by atoms with Crippen molar-refractivity contribution < 1.29 is 14.0 Å². The molecule has 0 bridgehead atoms. The van der Waals surface area contributed by atoms with Gasteiger partial charge in [0.1, 0.15) is 0 Å². The summed E-state index contributed by atoms with van der Waals surface area (Å²) >= 11 is 0. The van der Waals surface area contributed by atoms with E-state index in [9.17, 15) is 4.79 Å². The highest BCUT2D eigenvalue weighted by Crippen LogP contribution is 2.46. The summed E-state index contributed by atoms with van der Waals surface area (Å²) in [6.45, 7) is 0.423. The fraction of sp³-hybridized carbons (Fsp3) is 0.240. The molecular formula is C25H23FN6O2. The summed E-state index contributed by atoms with van der Waals surface area (Å²) in [6, 6.07) is 16.1. The fourth-order valence-corrected chi connectivity index (χ4v) is 4.54. The number of nitrogens with one attached hydrogen (secondary N) is 1. The highest BCUT2D eigenvalue weighted by atomic mass is 19.1. The van der Waals surface area contributed by atoms with E-state index in [1.54, 1.807) is 24.4 Å². The second-order valence-corrected chi connectivity index (χ2v) is 8.66. The van der Waals surface area contributed by atoms with Crippen LogP contribution in [0.5, 0.6) is 0 Å². The number of anilines is 2. The molecule has 1 aliphatic carbocycles. The van der Waals surface area contributed by atoms with E-state index in [2.05, 4.69) is 15.4 Å². The Hall–Kier alpha value is -3.98. The first-order valence-electron chi connectivity index (χ1n) is 11.3. The summed E-state index contributed by atoms with van der Waals surface area (Å²) in [6.07, 6.45) is 4.29. The molecule has 34 heavy (non-hydrogen) atoms. The Morgan fingerprint density at radius 2 is 1.91 bits per heavy atom. The van der Waals surface area contributed by atoms with E-state index in [0.717, 1.165) is 24.0 Å². The molecule has 0 unspecified atom stereocenters. The standard InChI is InChI=1S/C25H23FN6O2/c26-22-18(17-8-11-21-28-24(27)30-31(21)14-17)9-10-19(15-6-7-15)23(22)29-25(33)32-20(12-13-34-32)16-4-2-1-3-5-16/h1-5,8-11,14-15,20H,6-7,12-13H2,(H2,27,30)(H,29,33)/t20-/m0/s1. The van der Waals surface area contributed by atoms with Crippen LogP contribution in [0.2, 0.25) is 0 Å². The van der Waals surface area contributed by atoms with E-state index in [0.29, 0.717) is 29.8 Å². The maximum absolute atomic E-state index is 15.9. The summed E-state index contributed by atoms with van der Waals surface area (Å²) < 4.78 is 17.4. The predicted molar refractivity (Wildman–Crippen MR) is 125 cm³/mol. The zero-order chi connectivity index (χ0) is 23.2. The van der Waals surface area contributed by atoms with Crippen molar-refractivity contribution in [1.82, 2.24) is 19.7 Å². The maximum atomic E-state index is 15.9. The molecular weight excluding hydrogens is 435 g/mol. The lowest BCUT2D eigenvalue weighted by Crippen LogP contribution is -2.34. The van der Waals surface area contributed by atoms with Gasteiger partial charge < -0.3 is 11.1 Å². The third-order valence-corrected chi connectivity index (χ3v) is 6.37. The van der Waals surface area contributed by atoms with E-state index in [1.165, 1.54) is 9.58 Å². The highest BCUT2D eigenvalue weighted by molar-refractivity contribution is 5.91. The number of nitrogens with two attached hydrogens (primary N) is 1. The van der Waals surface area contributed by atoms with Crippen molar-refractivity contribution in [2.75, 3.05) is 17.7 Å². The number of benzene rings is 2. The molecule has 2 fully saturated rings. The molecule has 2 aromatic heterocycles. The first-order chi connectivity index (χ1) is 16.6. The highest BCUT2D eigenvalue weighted by Gasteiger charge is 2.34. The van der Waals surface area contributed by atoms with Gasteiger partial charge in [0.15, 0.2) is 11.5 Å². The molecule has 0 radical (unpaired) electrons. The van der Waals surface area contributed by atoms with Crippen LogP contribution in [0.15, 0.2) is 60.8 Å². The number of carbonyl (C=O) groups excluding carboxylic acids is 1. The summed E-state index contributed by atoms with van der Waals surface area (Å²) in [4.78, 5) is 23.0. The van der Waals surface area contributed by atoms with Gasteiger partial charge in [0.2, 0.25) is 5.95 Å². The van der Waals surface area contributed by atoms with Gasteiger partial charge in [0.05, 0.1) is 18.3 Å². The van der Waals surface area contributed by atoms with Crippen LogP contribution in [-0.4, -0.2) is 32.3 Å². The van der Waals surface area contributed by atoms with Crippen LogP contribution < -0.4 is 11.1 Å². The molecule has 3 N–H and O–H groups in total. The normalized spacial score (nSPS) is 17.9. The Balaban J connectivity index is 1.35. The predicted octanol–water partition coefficient (Wildman–Crippen LogP) is 4.91. The molecule has 9 heteroatoms. The van der Waals surface area contributed by atoms with Crippen molar-refractivity contribution in [2.24, 2.45) is 0 Å². The average Bonchev–Trinajstić information content (AvgIpc) is 3.43. The Morgan fingerprint density at radius 1 is 1.09 bits per heavy atom. The van der Waals surface area contributed by atoms with E-state index in [1.807, 2.05) is 36.4 Å². The van der Waals surface area contributed by atoms with Crippen molar-refractivity contribution in [3.63, 3.8) is 0 Å². The summed E-state index contributed by atoms with van der Waals surface area (Å²) in [7, 11) is 0. The molecule has 1 aliphatic heterocycles. The van der Waals surface area contributed by atoms with Gasteiger partial charge in [-0.1, -0.05) is 42.5 Å². The molecule has 1 atom stereocenters. The smallest absolute Gasteiger partial charge is 0.346 e. The largest absolute Gasteiger partial charge is 0.366 e. The van der Waals surface area contributed by atoms with Gasteiger partial charge >= 0.3 is 6.03 Å². The number of fused-ring (bicyclic) bond motifs is 1. The van der Waals surface area contributed by atoms with Crippen molar-refractivity contribution in [2.45, 2.75) is 31.2 Å². The number of hydroxylamine groups is 2. The number of pyridine rings is 1. The zero-order valence-corrected chi connectivity index (χ0v) is 18.3. The second kappa shape index (κ2) is 8.11. The first-order valence-corrected chi connectivity index (χ1v) is 11.3. The molecule has 2 aromatic carbocycles. The summed E-state index contributed by atoms with van der Waals surface area (Å²) in [5.74, 6) is -0.102. The summed E-state index contributed by atoms with van der Waals surface area (Å²) in [5, 5.41) is 8.26. The third-order valence-electron chi connectivity index (χ3n) is 6.37. The molecule has 8 nitrogen and oxygen atoms in total. The quantitative estimate of drug-likeness (QED) is 0.453. The number of nitrogen functional groups attached to an aromatic ring is 1. The fourth-order valence-electron chi connectivity index (χ4n) is 4.54. The SMILES string of the molecule is Nc1nc2ccc(-c3ccc(C4CC4)c(NC(=O)N4OCC[C@H]4c4ccccc4)c3F)cn2n1. The second-order valence-electron chi connectivity index (χ2n) is 8.66. The lowest BCUT2D eigenvalue weighted by Gasteiger charge is -2.24. The minimum atomic E-state index is -0.486. The van der Waals surface area contributed by atoms with Gasteiger partial charge in [-0.3, -0.25) is 4.84 Å². The van der Waals surface area contributed by atoms with Crippen LogP contribution in [0.25, 0.3) is 16.8 Å². The monoisotopic (exact) mass is 458 g/mol. The summed E-state index contributed by atoms with van der Waals surface area (Å²) in [5.41, 5.74) is 9.20. The Labute approximate surface area is 195 Å². The van der Waals surface area contributed by atoms with Gasteiger partial charge in [-0.05, 0) is 42.0 Å². The number of rotatable bonds is 4. The van der Waals surface area contributed by atoms with Crippen molar-refractivity contribution in [1.29, 1.82) is 0 Å². The van der Waals surface area contributed by atoms with Crippen LogP contribution in [0.1, 0.15) is 42.3 Å². The number of aromatic nitrogens is 3. The molecule has 3 heterocycles. The van der Waals surface area contributed by atoms with Gasteiger partial charge in [0, 0.05) is 23.7 Å². The van der Waals surface area contributed by atoms with Crippen LogP contribution in [0.4, 0.5) is 20.8 Å². The number of nitrogens with zero attached hydrogens (tertiary/aromatic N) is 4. The van der Waals surface area contributed by atoms with E-state index in [4.69, 9.17) is 10.6 Å². The molecule has 4 aromatic rings. The minimum Gasteiger partial charge on any atom is -0.366 e. The van der Waals surface area contributed by atoms with Crippen LogP contribution in [-0.2, 0) is 4.84 Å². The third kappa shape index (κ3) is 3.63. The number of urea groups is 1. The molecule has 172 valence electrons. The molecule has 2 amide bonds. The molecule has 2 aliphatic rings. The minimum absolute atomic E-state index is 0.147. The first kappa shape index (κ1) is 20.6. The van der Waals surface area contributed by atoms with E-state index >= 15 is 4.39 Å². The molecule has 0 spiro atoms. The van der Waals surface area contributed by atoms with Gasteiger partial charge in [-0.25, -0.2) is 13.7 Å². The van der Waals surface area contributed by atoms with Gasteiger partial charge in [-0.15, -0.1) is 5.10 Å². The molecule has 6 rings (SSSR count). The Bertz CT molecular complexity index is 1390. The van der Waals surface area contributed by atoms with Crippen LogP contribution >= 0.6 is 0 Å². The van der Waals surface area contributed by atoms with Crippen molar-refractivity contribution in [3.8, 4) is 11.1 Å². The van der Waals surface area contributed by atoms with Gasteiger partial charge in [0.25, 0.3) is 0 Å². The van der Waals surface area contributed by atoms with Crippen LogP contribution in [0, 0.1) is 5.82 Å². The number of carbonyl (C=O) groups is 1. The zero-order valence-electron chi connectivity index (χ0n) is 18.3. The van der Waals surface area contributed by atoms with Crippen LogP contribution in [0.3, 0.4) is 0 Å². The number of hydrogen-bond acceptors (Lipinski definition) is 5. The van der Waals surface area contributed by atoms with E-state index in [-0.39, 0.29) is 23.6 Å². The van der Waals surface area contributed by atoms with Gasteiger partial charge in [-0.2, -0.15) is 10.0 Å². The van der Waals surface area contributed by atoms with E-state index < -0.39 is 11.8 Å². The van der Waals surface area contributed by atoms with Crippen molar-refractivity contribution >= 4 is 23.3 Å². The number of halogens is 1. The maximum Gasteiger partial charge on any atom is 0.346 e. The Morgan fingerprint density at radius 3 is 2.71 bits per heavy atom. The molecule has 1 saturated carbocycles.